The van der Waals surface area contributed by atoms with Crippen molar-refractivity contribution in [3.8, 4) is 11.5 Å². The van der Waals surface area contributed by atoms with E-state index in [9.17, 15) is 0 Å². The molecule has 0 amide bonds. The zero-order valence-corrected chi connectivity index (χ0v) is 11.4. The van der Waals surface area contributed by atoms with Crippen LogP contribution in [-0.2, 0) is 7.05 Å². The molecule has 2 aromatic heterocycles. The molecular formula is C11H13BrN4O. The number of nitrogens with zero attached hydrogens (tertiary/aromatic N) is 3. The van der Waals surface area contributed by atoms with Crippen LogP contribution in [0, 0.1) is 13.8 Å². The monoisotopic (exact) mass is 296 g/mol. The van der Waals surface area contributed by atoms with E-state index in [1.54, 1.807) is 17.1 Å². The number of aryl methyl sites for hydroxylation is 2. The molecule has 6 heteroatoms. The Morgan fingerprint density at radius 3 is 2.53 bits per heavy atom. The highest BCUT2D eigenvalue weighted by atomic mass is 79.9. The molecule has 0 saturated carbocycles. The molecular weight excluding hydrogens is 284 g/mol. The summed E-state index contributed by atoms with van der Waals surface area (Å²) in [6, 6.07) is 0. The van der Waals surface area contributed by atoms with Crippen molar-refractivity contribution in [2.75, 3.05) is 5.73 Å². The van der Waals surface area contributed by atoms with Gasteiger partial charge in [0.25, 0.3) is 0 Å². The molecule has 5 nitrogen and oxygen atoms in total. The van der Waals surface area contributed by atoms with Gasteiger partial charge in [-0.15, -0.1) is 0 Å². The fraction of sp³-hybridized carbons (Fsp3) is 0.273. The predicted molar refractivity (Wildman–Crippen MR) is 69.1 cm³/mol. The van der Waals surface area contributed by atoms with Gasteiger partial charge in [0.1, 0.15) is 5.69 Å². The molecule has 0 radical (unpaired) electrons. The number of pyridine rings is 1. The average Bonchev–Trinajstić information content (AvgIpc) is 2.49. The van der Waals surface area contributed by atoms with Gasteiger partial charge in [-0.1, -0.05) is 0 Å². The lowest BCUT2D eigenvalue weighted by Crippen LogP contribution is -1.96. The lowest BCUT2D eigenvalue weighted by atomic mass is 10.3. The summed E-state index contributed by atoms with van der Waals surface area (Å²) in [4.78, 5) is 3.96. The number of aromatic nitrogens is 3. The highest BCUT2D eigenvalue weighted by molar-refractivity contribution is 9.10. The molecule has 0 atom stereocenters. The Labute approximate surface area is 108 Å². The van der Waals surface area contributed by atoms with Gasteiger partial charge in [0, 0.05) is 13.2 Å². The maximum Gasteiger partial charge on any atom is 0.171 e. The molecule has 0 spiro atoms. The number of halogens is 1. The molecule has 2 heterocycles. The van der Waals surface area contributed by atoms with E-state index >= 15 is 0 Å². The minimum atomic E-state index is 0.488. The number of hydrogen-bond donors (Lipinski definition) is 1. The highest BCUT2D eigenvalue weighted by Gasteiger charge is 2.15. The first-order valence-electron chi connectivity index (χ1n) is 5.07. The summed E-state index contributed by atoms with van der Waals surface area (Å²) in [5, 5.41) is 4.29. The molecule has 0 unspecified atom stereocenters. The van der Waals surface area contributed by atoms with Crippen LogP contribution in [0.1, 0.15) is 11.4 Å². The SMILES string of the molecule is Cc1nn(C)c(C)c1Oc1c(N)cncc1Br. The van der Waals surface area contributed by atoms with Crippen LogP contribution in [0.4, 0.5) is 5.69 Å². The van der Waals surface area contributed by atoms with E-state index in [0.717, 1.165) is 21.6 Å². The Hall–Kier alpha value is -1.56. The third-order valence-corrected chi connectivity index (χ3v) is 3.09. The zero-order chi connectivity index (χ0) is 12.6. The largest absolute Gasteiger partial charge is 0.450 e. The van der Waals surface area contributed by atoms with Crippen LogP contribution in [0.3, 0.4) is 0 Å². The Kier molecular flexibility index (Phi) is 3.06. The lowest BCUT2D eigenvalue weighted by molar-refractivity contribution is 0.473. The molecule has 0 saturated heterocycles. The molecule has 2 rings (SSSR count). The van der Waals surface area contributed by atoms with Crippen LogP contribution in [-0.4, -0.2) is 14.8 Å². The van der Waals surface area contributed by atoms with Crippen molar-refractivity contribution in [1.82, 2.24) is 14.8 Å². The molecule has 0 aliphatic carbocycles. The quantitative estimate of drug-likeness (QED) is 0.925. The second-order valence-corrected chi connectivity index (χ2v) is 4.62. The first-order valence-corrected chi connectivity index (χ1v) is 5.87. The summed E-state index contributed by atoms with van der Waals surface area (Å²) in [5.41, 5.74) is 8.10. The summed E-state index contributed by atoms with van der Waals surface area (Å²) in [5.74, 6) is 1.30. The van der Waals surface area contributed by atoms with Crippen LogP contribution in [0.25, 0.3) is 0 Å². The van der Waals surface area contributed by atoms with E-state index in [1.807, 2.05) is 20.9 Å². The topological polar surface area (TPSA) is 66.0 Å². The van der Waals surface area contributed by atoms with Crippen molar-refractivity contribution in [2.24, 2.45) is 7.05 Å². The molecule has 0 bridgehead atoms. The van der Waals surface area contributed by atoms with Crippen molar-refractivity contribution < 1.29 is 4.74 Å². The Balaban J connectivity index is 2.45. The fourth-order valence-electron chi connectivity index (χ4n) is 1.55. The fourth-order valence-corrected chi connectivity index (χ4v) is 1.98. The van der Waals surface area contributed by atoms with Crippen molar-refractivity contribution >= 4 is 21.6 Å². The van der Waals surface area contributed by atoms with Crippen molar-refractivity contribution in [2.45, 2.75) is 13.8 Å². The lowest BCUT2D eigenvalue weighted by Gasteiger charge is -2.09. The molecule has 0 fully saturated rings. The number of hydrogen-bond acceptors (Lipinski definition) is 4. The highest BCUT2D eigenvalue weighted by Crippen LogP contribution is 2.36. The standard InChI is InChI=1S/C11H13BrN4O/c1-6-10(7(2)16(3)15-6)17-11-8(12)4-14-5-9(11)13/h4-5H,13H2,1-3H3. The molecule has 2 N–H and O–H groups in total. The van der Waals surface area contributed by atoms with Gasteiger partial charge in [-0.05, 0) is 29.8 Å². The normalized spacial score (nSPS) is 10.6. The molecule has 0 aliphatic rings. The minimum absolute atomic E-state index is 0.488. The van der Waals surface area contributed by atoms with Gasteiger partial charge in [-0.25, -0.2) is 0 Å². The molecule has 2 aromatic rings. The van der Waals surface area contributed by atoms with Crippen LogP contribution in [0.5, 0.6) is 11.5 Å². The molecule has 0 aliphatic heterocycles. The Morgan fingerprint density at radius 1 is 1.29 bits per heavy atom. The van der Waals surface area contributed by atoms with Gasteiger partial charge >= 0.3 is 0 Å². The predicted octanol–water partition coefficient (Wildman–Crippen LogP) is 2.57. The second kappa shape index (κ2) is 4.37. The number of nitrogens with two attached hydrogens (primary N) is 1. The van der Waals surface area contributed by atoms with Crippen LogP contribution >= 0.6 is 15.9 Å². The summed E-state index contributed by atoms with van der Waals surface area (Å²) >= 11 is 3.37. The minimum Gasteiger partial charge on any atom is -0.450 e. The van der Waals surface area contributed by atoms with E-state index < -0.39 is 0 Å². The van der Waals surface area contributed by atoms with Crippen LogP contribution in [0.15, 0.2) is 16.9 Å². The first kappa shape index (κ1) is 11.9. The van der Waals surface area contributed by atoms with Gasteiger partial charge in [0.05, 0.1) is 22.1 Å². The van der Waals surface area contributed by atoms with Crippen LogP contribution < -0.4 is 10.5 Å². The number of ether oxygens (including phenoxy) is 1. The molecule has 90 valence electrons. The van der Waals surface area contributed by atoms with Gasteiger partial charge in [-0.2, -0.15) is 5.10 Å². The third kappa shape index (κ3) is 2.12. The van der Waals surface area contributed by atoms with E-state index in [-0.39, 0.29) is 0 Å². The Morgan fingerprint density at radius 2 is 2.00 bits per heavy atom. The van der Waals surface area contributed by atoms with Crippen molar-refractivity contribution in [3.63, 3.8) is 0 Å². The number of anilines is 1. The summed E-state index contributed by atoms with van der Waals surface area (Å²) in [6.07, 6.45) is 3.20. The summed E-state index contributed by atoms with van der Waals surface area (Å²) in [6.45, 7) is 3.84. The van der Waals surface area contributed by atoms with E-state index in [2.05, 4.69) is 26.0 Å². The smallest absolute Gasteiger partial charge is 0.171 e. The summed E-state index contributed by atoms with van der Waals surface area (Å²) < 4.78 is 8.32. The van der Waals surface area contributed by atoms with Crippen molar-refractivity contribution in [3.05, 3.63) is 28.3 Å². The summed E-state index contributed by atoms with van der Waals surface area (Å²) in [7, 11) is 1.88. The Bertz CT molecular complexity index is 545. The maximum atomic E-state index is 5.83. The number of rotatable bonds is 2. The van der Waals surface area contributed by atoms with E-state index in [1.165, 1.54) is 0 Å². The number of nitrogen functional groups attached to an aromatic ring is 1. The molecule has 0 aromatic carbocycles. The molecule has 17 heavy (non-hydrogen) atoms. The second-order valence-electron chi connectivity index (χ2n) is 3.77. The van der Waals surface area contributed by atoms with Crippen LogP contribution in [0.2, 0.25) is 0 Å². The third-order valence-electron chi connectivity index (χ3n) is 2.53. The van der Waals surface area contributed by atoms with Crippen molar-refractivity contribution in [1.29, 1.82) is 0 Å². The average molecular weight is 297 g/mol. The van der Waals surface area contributed by atoms with E-state index in [0.29, 0.717) is 11.4 Å². The zero-order valence-electron chi connectivity index (χ0n) is 9.86. The van der Waals surface area contributed by atoms with Gasteiger partial charge < -0.3 is 10.5 Å². The van der Waals surface area contributed by atoms with Gasteiger partial charge in [0.2, 0.25) is 0 Å². The first-order chi connectivity index (χ1) is 8.00. The maximum absolute atomic E-state index is 5.83. The van der Waals surface area contributed by atoms with E-state index in [4.69, 9.17) is 10.5 Å². The van der Waals surface area contributed by atoms with Gasteiger partial charge in [-0.3, -0.25) is 9.67 Å². The van der Waals surface area contributed by atoms with Gasteiger partial charge in [0.15, 0.2) is 11.5 Å².